The molecule has 0 spiro atoms. The molecule has 0 bridgehead atoms. The normalized spacial score (nSPS) is 11.8. The van der Waals surface area contributed by atoms with Gasteiger partial charge < -0.3 is 9.73 Å². The van der Waals surface area contributed by atoms with E-state index in [4.69, 9.17) is 21.3 Å². The fourth-order valence-corrected chi connectivity index (χ4v) is 1.82. The average Bonchev–Trinajstić information content (AvgIpc) is 2.82. The highest BCUT2D eigenvalue weighted by atomic mass is 35.5. The summed E-state index contributed by atoms with van der Waals surface area (Å²) in [6.07, 6.45) is 1.62. The van der Waals surface area contributed by atoms with Gasteiger partial charge in [-0.25, -0.2) is 0 Å². The fraction of sp³-hybridized carbons (Fsp3) is 0.154. The third-order valence-corrected chi connectivity index (χ3v) is 2.78. The number of hydrogen-bond acceptors (Lipinski definition) is 3. The maximum atomic E-state index is 9.04. The molecule has 1 aromatic heterocycles. The zero-order valence-corrected chi connectivity index (χ0v) is 10.0. The number of rotatable bonds is 3. The molecule has 1 N–H and O–H groups in total. The summed E-state index contributed by atoms with van der Waals surface area (Å²) in [6.45, 7) is 1.96. The lowest BCUT2D eigenvalue weighted by atomic mass is 10.1. The molecule has 1 heterocycles. The molecule has 3 nitrogen and oxygen atoms in total. The number of nitriles is 1. The second-order valence-corrected chi connectivity index (χ2v) is 4.06. The lowest BCUT2D eigenvalue weighted by Crippen LogP contribution is -2.06. The molecule has 0 saturated carbocycles. The molecule has 1 atom stereocenters. The Morgan fingerprint density at radius 3 is 2.82 bits per heavy atom. The van der Waals surface area contributed by atoms with Crippen LogP contribution in [0.25, 0.3) is 0 Å². The minimum Gasteiger partial charge on any atom is -0.467 e. The molecule has 2 aromatic rings. The summed E-state index contributed by atoms with van der Waals surface area (Å²) < 4.78 is 5.29. The monoisotopic (exact) mass is 246 g/mol. The SMILES string of the molecule is CC(Nc1cccc(Cl)c1C#N)c1ccco1. The van der Waals surface area contributed by atoms with Crippen molar-refractivity contribution in [3.8, 4) is 6.07 Å². The first-order valence-electron chi connectivity index (χ1n) is 5.21. The van der Waals surface area contributed by atoms with Gasteiger partial charge in [-0.15, -0.1) is 0 Å². The summed E-state index contributed by atoms with van der Waals surface area (Å²) >= 11 is 5.95. The highest BCUT2D eigenvalue weighted by Crippen LogP contribution is 2.27. The van der Waals surface area contributed by atoms with E-state index in [1.807, 2.05) is 25.1 Å². The molecule has 0 aliphatic carbocycles. The second kappa shape index (κ2) is 4.94. The molecule has 17 heavy (non-hydrogen) atoms. The van der Waals surface area contributed by atoms with Gasteiger partial charge in [0.15, 0.2) is 0 Å². The first-order chi connectivity index (χ1) is 8.22. The quantitative estimate of drug-likeness (QED) is 0.891. The van der Waals surface area contributed by atoms with Gasteiger partial charge >= 0.3 is 0 Å². The van der Waals surface area contributed by atoms with Crippen molar-refractivity contribution in [3.05, 3.63) is 52.9 Å². The van der Waals surface area contributed by atoms with Gasteiger partial charge in [0, 0.05) is 0 Å². The maximum Gasteiger partial charge on any atom is 0.125 e. The van der Waals surface area contributed by atoms with Gasteiger partial charge in [0.2, 0.25) is 0 Å². The van der Waals surface area contributed by atoms with E-state index in [0.29, 0.717) is 16.3 Å². The van der Waals surface area contributed by atoms with Crippen LogP contribution in [-0.2, 0) is 0 Å². The molecule has 4 heteroatoms. The van der Waals surface area contributed by atoms with Gasteiger partial charge in [-0.05, 0) is 31.2 Å². The van der Waals surface area contributed by atoms with Crippen LogP contribution in [0.3, 0.4) is 0 Å². The Kier molecular flexibility index (Phi) is 3.36. The molecular formula is C13H11ClN2O. The lowest BCUT2D eigenvalue weighted by molar-refractivity contribution is 0.490. The molecular weight excluding hydrogens is 236 g/mol. The van der Waals surface area contributed by atoms with Gasteiger partial charge in [-0.1, -0.05) is 17.7 Å². The molecule has 2 rings (SSSR count). The van der Waals surface area contributed by atoms with Crippen LogP contribution < -0.4 is 5.32 Å². The lowest BCUT2D eigenvalue weighted by Gasteiger charge is -2.14. The van der Waals surface area contributed by atoms with Crippen LogP contribution >= 0.6 is 11.6 Å². The minimum atomic E-state index is -0.0180. The zero-order valence-electron chi connectivity index (χ0n) is 9.27. The van der Waals surface area contributed by atoms with Crippen molar-refractivity contribution in [2.24, 2.45) is 0 Å². The van der Waals surface area contributed by atoms with E-state index < -0.39 is 0 Å². The van der Waals surface area contributed by atoms with E-state index in [0.717, 1.165) is 5.76 Å². The van der Waals surface area contributed by atoms with Crippen molar-refractivity contribution in [1.82, 2.24) is 0 Å². The van der Waals surface area contributed by atoms with Crippen molar-refractivity contribution in [1.29, 1.82) is 5.26 Å². The number of hydrogen-bond donors (Lipinski definition) is 1. The van der Waals surface area contributed by atoms with Crippen LogP contribution in [0.4, 0.5) is 5.69 Å². The number of halogens is 1. The predicted molar refractivity (Wildman–Crippen MR) is 66.9 cm³/mol. The van der Waals surface area contributed by atoms with E-state index in [1.54, 1.807) is 18.4 Å². The van der Waals surface area contributed by atoms with Crippen molar-refractivity contribution in [2.75, 3.05) is 5.32 Å². The number of nitrogens with zero attached hydrogens (tertiary/aromatic N) is 1. The van der Waals surface area contributed by atoms with Gasteiger partial charge in [0.05, 0.1) is 28.6 Å². The summed E-state index contributed by atoms with van der Waals surface area (Å²) in [5.41, 5.74) is 1.16. The number of benzene rings is 1. The smallest absolute Gasteiger partial charge is 0.125 e. The maximum absolute atomic E-state index is 9.04. The summed E-state index contributed by atoms with van der Waals surface area (Å²) in [4.78, 5) is 0. The molecule has 1 unspecified atom stereocenters. The Labute approximate surface area is 105 Å². The average molecular weight is 247 g/mol. The number of furan rings is 1. The van der Waals surface area contributed by atoms with E-state index in [1.165, 1.54) is 0 Å². The topological polar surface area (TPSA) is 49.0 Å². The van der Waals surface area contributed by atoms with Crippen LogP contribution in [0.2, 0.25) is 5.02 Å². The van der Waals surface area contributed by atoms with Crippen molar-refractivity contribution >= 4 is 17.3 Å². The highest BCUT2D eigenvalue weighted by molar-refractivity contribution is 6.32. The molecule has 0 radical (unpaired) electrons. The molecule has 0 amide bonds. The largest absolute Gasteiger partial charge is 0.467 e. The van der Waals surface area contributed by atoms with E-state index in [2.05, 4.69) is 11.4 Å². The highest BCUT2D eigenvalue weighted by Gasteiger charge is 2.12. The zero-order chi connectivity index (χ0) is 12.3. The number of nitrogens with one attached hydrogen (secondary N) is 1. The van der Waals surface area contributed by atoms with Crippen molar-refractivity contribution in [3.63, 3.8) is 0 Å². The van der Waals surface area contributed by atoms with Gasteiger partial charge in [0.25, 0.3) is 0 Å². The molecule has 1 aromatic carbocycles. The number of anilines is 1. The van der Waals surface area contributed by atoms with E-state index in [-0.39, 0.29) is 6.04 Å². The first kappa shape index (κ1) is 11.6. The Balaban J connectivity index is 2.25. The summed E-state index contributed by atoms with van der Waals surface area (Å²) in [5, 5.41) is 12.7. The van der Waals surface area contributed by atoms with Crippen LogP contribution in [0.1, 0.15) is 24.3 Å². The van der Waals surface area contributed by atoms with Crippen molar-refractivity contribution < 1.29 is 4.42 Å². The first-order valence-corrected chi connectivity index (χ1v) is 5.58. The van der Waals surface area contributed by atoms with Gasteiger partial charge in [0.1, 0.15) is 11.8 Å². The second-order valence-electron chi connectivity index (χ2n) is 3.66. The van der Waals surface area contributed by atoms with E-state index in [9.17, 15) is 0 Å². The fourth-order valence-electron chi connectivity index (χ4n) is 1.60. The summed E-state index contributed by atoms with van der Waals surface area (Å²) in [5.74, 6) is 0.814. The van der Waals surface area contributed by atoms with Gasteiger partial charge in [-0.2, -0.15) is 5.26 Å². The Bertz CT molecular complexity index is 543. The van der Waals surface area contributed by atoms with Gasteiger partial charge in [-0.3, -0.25) is 0 Å². The predicted octanol–water partition coefficient (Wildman–Crippen LogP) is 3.98. The molecule has 86 valence electrons. The Morgan fingerprint density at radius 2 is 2.18 bits per heavy atom. The Morgan fingerprint density at radius 1 is 1.35 bits per heavy atom. The van der Waals surface area contributed by atoms with Crippen molar-refractivity contribution in [2.45, 2.75) is 13.0 Å². The molecule has 0 aliphatic heterocycles. The van der Waals surface area contributed by atoms with Crippen LogP contribution in [0, 0.1) is 11.3 Å². The standard InChI is InChI=1S/C13H11ClN2O/c1-9(13-6-3-7-17-13)16-12-5-2-4-11(14)10(12)8-15/h2-7,9,16H,1H3. The summed E-state index contributed by atoms with van der Waals surface area (Å²) in [7, 11) is 0. The third kappa shape index (κ3) is 2.43. The van der Waals surface area contributed by atoms with E-state index >= 15 is 0 Å². The van der Waals surface area contributed by atoms with Crippen LogP contribution in [-0.4, -0.2) is 0 Å². The molecule has 0 saturated heterocycles. The molecule has 0 aliphatic rings. The Hall–Kier alpha value is -1.92. The third-order valence-electron chi connectivity index (χ3n) is 2.47. The minimum absolute atomic E-state index is 0.0180. The van der Waals surface area contributed by atoms with Crippen LogP contribution in [0.5, 0.6) is 0 Å². The summed E-state index contributed by atoms with van der Waals surface area (Å²) in [6, 6.07) is 11.1. The van der Waals surface area contributed by atoms with Crippen LogP contribution in [0.15, 0.2) is 41.0 Å². The molecule has 0 fully saturated rings.